The molecule has 0 spiro atoms. The molecule has 0 aliphatic rings. The summed E-state index contributed by atoms with van der Waals surface area (Å²) in [6.07, 6.45) is 3.17. The summed E-state index contributed by atoms with van der Waals surface area (Å²) >= 11 is 6.91. The highest BCUT2D eigenvalue weighted by atomic mass is 35.5. The molecule has 4 rings (SSSR count). The van der Waals surface area contributed by atoms with E-state index in [9.17, 15) is 31.1 Å². The van der Waals surface area contributed by atoms with Crippen LogP contribution in [0.5, 0.6) is 11.5 Å². The lowest BCUT2D eigenvalue weighted by atomic mass is 10.0. The quantitative estimate of drug-likeness (QED) is 0.0473. The highest BCUT2D eigenvalue weighted by Crippen LogP contribution is 2.42. The lowest BCUT2D eigenvalue weighted by Gasteiger charge is -2.25. The van der Waals surface area contributed by atoms with E-state index in [1.54, 1.807) is 42.3 Å². The number of aldehydes is 1. The Labute approximate surface area is 240 Å². The van der Waals surface area contributed by atoms with E-state index >= 15 is 0 Å². The zero-order chi connectivity index (χ0) is 29.8. The third kappa shape index (κ3) is 6.15. The Morgan fingerprint density at radius 3 is 2.17 bits per heavy atom. The Balaban J connectivity index is 1.70. The molecule has 4 aromatic rings. The number of ether oxygens (including phenoxy) is 1. The largest absolute Gasteiger partial charge is 0.495 e. The van der Waals surface area contributed by atoms with Crippen molar-refractivity contribution in [3.63, 3.8) is 0 Å². The molecule has 0 bridgehead atoms. The fraction of sp³-hybridized carbons (Fsp3) is 0.0690. The molecule has 0 saturated heterocycles. The Morgan fingerprint density at radius 2 is 1.54 bits per heavy atom. The van der Waals surface area contributed by atoms with Crippen LogP contribution in [0.2, 0.25) is 5.02 Å². The number of rotatable bonds is 9. The summed E-state index contributed by atoms with van der Waals surface area (Å²) in [7, 11) is 3.13. The number of hydrogen-bond acceptors (Lipinski definition) is 5. The van der Waals surface area contributed by atoms with Gasteiger partial charge >= 0.3 is 0 Å². The summed E-state index contributed by atoms with van der Waals surface area (Å²) in [5.74, 6) is -12.3. The number of nitrogens with zero attached hydrogens (tertiary/aromatic N) is 1. The van der Waals surface area contributed by atoms with E-state index in [1.165, 1.54) is 43.5 Å². The van der Waals surface area contributed by atoms with Gasteiger partial charge in [0.15, 0.2) is 0 Å². The Bertz CT molecular complexity index is 1640. The number of carbonyl (C=O) groups is 1. The van der Waals surface area contributed by atoms with Crippen molar-refractivity contribution in [2.24, 2.45) is 0 Å². The molecule has 0 heterocycles. The number of anilines is 2. The van der Waals surface area contributed by atoms with Crippen molar-refractivity contribution in [3.05, 3.63) is 106 Å². The van der Waals surface area contributed by atoms with Gasteiger partial charge in [-0.2, -0.15) is 8.78 Å². The average Bonchev–Trinajstić information content (AvgIpc) is 2.97. The van der Waals surface area contributed by atoms with Gasteiger partial charge in [-0.25, -0.2) is 17.6 Å². The average molecular weight is 610 g/mol. The number of carbonyl (C=O) groups excluding carboxylic acids is 1. The van der Waals surface area contributed by atoms with Gasteiger partial charge in [-0.05, 0) is 65.7 Å². The molecule has 0 saturated carbocycles. The van der Waals surface area contributed by atoms with Gasteiger partial charge in [0.1, 0.15) is 17.9 Å². The fourth-order valence-electron chi connectivity index (χ4n) is 3.89. The number of benzene rings is 4. The van der Waals surface area contributed by atoms with E-state index in [2.05, 4.69) is 0 Å². The Kier molecular flexibility index (Phi) is 9.19. The highest BCUT2D eigenvalue weighted by Gasteiger charge is 2.28. The van der Waals surface area contributed by atoms with Gasteiger partial charge in [0, 0.05) is 23.2 Å². The Hall–Kier alpha value is -4.09. The van der Waals surface area contributed by atoms with Gasteiger partial charge in [0.25, 0.3) is 0 Å². The molecule has 0 atom stereocenters. The molecule has 12 heteroatoms. The van der Waals surface area contributed by atoms with E-state index in [4.69, 9.17) is 20.5 Å². The third-order valence-electron chi connectivity index (χ3n) is 5.87. The van der Waals surface area contributed by atoms with E-state index in [0.717, 1.165) is 0 Å². The highest BCUT2D eigenvalue weighted by molar-refractivity contribution is 7.95. The van der Waals surface area contributed by atoms with Gasteiger partial charge in [-0.15, -0.1) is 0 Å². The van der Waals surface area contributed by atoms with Crippen molar-refractivity contribution < 1.29 is 40.1 Å². The van der Waals surface area contributed by atoms with Crippen LogP contribution in [0, 0.1) is 34.9 Å². The van der Waals surface area contributed by atoms with Crippen LogP contribution in [-0.4, -0.2) is 20.4 Å². The van der Waals surface area contributed by atoms with Crippen LogP contribution in [0.4, 0.5) is 37.7 Å². The van der Waals surface area contributed by atoms with Crippen LogP contribution in [0.25, 0.3) is 17.2 Å². The van der Waals surface area contributed by atoms with E-state index in [-0.39, 0.29) is 4.90 Å². The third-order valence-corrected chi connectivity index (χ3v) is 6.88. The first kappa shape index (κ1) is 29.9. The van der Waals surface area contributed by atoms with Crippen molar-refractivity contribution in [3.8, 4) is 22.6 Å². The number of allylic oxidation sites excluding steroid dienone is 1. The lowest BCUT2D eigenvalue weighted by Crippen LogP contribution is -2.12. The molecule has 0 radical (unpaired) electrons. The van der Waals surface area contributed by atoms with Gasteiger partial charge in [0.2, 0.25) is 34.8 Å². The molecule has 0 aromatic heterocycles. The molecule has 0 aliphatic carbocycles. The van der Waals surface area contributed by atoms with Crippen LogP contribution < -0.4 is 13.8 Å². The zero-order valence-electron chi connectivity index (χ0n) is 21.2. The first-order chi connectivity index (χ1) is 19.6. The van der Waals surface area contributed by atoms with Crippen LogP contribution in [-0.2, 0) is 4.79 Å². The van der Waals surface area contributed by atoms with Gasteiger partial charge in [0.05, 0.1) is 29.9 Å². The summed E-state index contributed by atoms with van der Waals surface area (Å²) < 4.78 is 92.7. The SMILES string of the molecule is COc1cc(-c2cccc(F)c2)c(Cl)cc1N(C)c1ccc(SOc2c(F)c(F)c(F)c(F)c2F)cc1/C=C\C=O. The molecular weight excluding hydrogens is 592 g/mol. The van der Waals surface area contributed by atoms with Crippen molar-refractivity contribution in [1.29, 1.82) is 0 Å². The van der Waals surface area contributed by atoms with Crippen molar-refractivity contribution in [2.75, 3.05) is 19.1 Å². The van der Waals surface area contributed by atoms with Gasteiger partial charge < -0.3 is 13.8 Å². The molecule has 212 valence electrons. The standard InChI is InChI=1S/C29H18ClF6NO3S/c1-37(22-14-20(30)19(13-23(22)39-2)15-5-3-7-17(31)11-15)21-9-8-18(12-16(21)6-4-10-38)41-40-29-27(35)25(33)24(32)26(34)28(29)36/h3-14H,1-2H3/b6-4-. The molecule has 0 aliphatic heterocycles. The number of halogens is 7. The predicted octanol–water partition coefficient (Wildman–Crippen LogP) is 8.92. The topological polar surface area (TPSA) is 38.8 Å². The first-order valence-corrected chi connectivity index (χ1v) is 12.7. The molecular formula is C29H18ClF6NO3S. The summed E-state index contributed by atoms with van der Waals surface area (Å²) in [5, 5.41) is 0.298. The second-order valence-electron chi connectivity index (χ2n) is 8.35. The van der Waals surface area contributed by atoms with Crippen molar-refractivity contribution in [2.45, 2.75) is 4.90 Å². The minimum absolute atomic E-state index is 0.211. The second kappa shape index (κ2) is 12.6. The maximum atomic E-state index is 14.0. The molecule has 4 aromatic carbocycles. The fourth-order valence-corrected chi connectivity index (χ4v) is 4.78. The minimum atomic E-state index is -2.30. The molecule has 0 unspecified atom stereocenters. The molecule has 0 amide bonds. The normalized spacial score (nSPS) is 11.1. The second-order valence-corrected chi connectivity index (χ2v) is 9.57. The number of hydrogen-bond donors (Lipinski definition) is 0. The van der Waals surface area contributed by atoms with E-state index in [0.29, 0.717) is 57.2 Å². The zero-order valence-corrected chi connectivity index (χ0v) is 22.7. The lowest BCUT2D eigenvalue weighted by molar-refractivity contribution is -0.104. The Morgan fingerprint density at radius 1 is 0.854 bits per heavy atom. The van der Waals surface area contributed by atoms with Crippen LogP contribution >= 0.6 is 23.6 Å². The minimum Gasteiger partial charge on any atom is -0.495 e. The first-order valence-electron chi connectivity index (χ1n) is 11.6. The predicted molar refractivity (Wildman–Crippen MR) is 146 cm³/mol. The summed E-state index contributed by atoms with van der Waals surface area (Å²) in [4.78, 5) is 12.9. The summed E-state index contributed by atoms with van der Waals surface area (Å²) in [5.41, 5.74) is 2.48. The van der Waals surface area contributed by atoms with Gasteiger partial charge in [-0.1, -0.05) is 23.7 Å². The maximum Gasteiger partial charge on any atom is 0.215 e. The van der Waals surface area contributed by atoms with Crippen LogP contribution in [0.3, 0.4) is 0 Å². The van der Waals surface area contributed by atoms with E-state index in [1.807, 2.05) is 0 Å². The molecule has 41 heavy (non-hydrogen) atoms. The van der Waals surface area contributed by atoms with Crippen LogP contribution in [0.1, 0.15) is 5.56 Å². The summed E-state index contributed by atoms with van der Waals surface area (Å²) in [6, 6.07) is 13.7. The van der Waals surface area contributed by atoms with Gasteiger partial charge in [-0.3, -0.25) is 4.79 Å². The maximum absolute atomic E-state index is 14.0. The molecule has 0 N–H and O–H groups in total. The summed E-state index contributed by atoms with van der Waals surface area (Å²) in [6.45, 7) is 0. The smallest absolute Gasteiger partial charge is 0.215 e. The van der Waals surface area contributed by atoms with Crippen LogP contribution in [0.15, 0.2) is 65.6 Å². The molecule has 0 fully saturated rings. The molecule has 4 nitrogen and oxygen atoms in total. The van der Waals surface area contributed by atoms with E-state index < -0.39 is 40.7 Å². The van der Waals surface area contributed by atoms with Crippen molar-refractivity contribution >= 4 is 47.4 Å². The monoisotopic (exact) mass is 609 g/mol. The van der Waals surface area contributed by atoms with Crippen molar-refractivity contribution in [1.82, 2.24) is 0 Å². The number of methoxy groups -OCH3 is 1.